The number of nitrogens with one attached hydrogen (secondary N) is 1. The maximum absolute atomic E-state index is 13.2. The number of nitro benzene ring substituents is 1. The van der Waals surface area contributed by atoms with Gasteiger partial charge in [0.15, 0.2) is 12.4 Å². The van der Waals surface area contributed by atoms with Crippen LogP contribution >= 0.6 is 0 Å². The number of rotatable bonds is 5. The standard InChI is InChI=1S/C22H21N3O7/c1-31-18-9-8-14(12-17(18)25(29)30)20(27)32-13-19(26)24-16-7-3-2-6-15(16)23-21(28)22(24)10-4-5-11-22/h2-3,6-9,12H,4-5,10-11,13H2,1H3,(H,23,28). The first-order valence-electron chi connectivity index (χ1n) is 10.1. The molecule has 2 aliphatic rings. The molecular weight excluding hydrogens is 418 g/mol. The number of nitrogens with zero attached hydrogens (tertiary/aromatic N) is 2. The summed E-state index contributed by atoms with van der Waals surface area (Å²) < 4.78 is 10.1. The van der Waals surface area contributed by atoms with E-state index in [-0.39, 0.29) is 22.9 Å². The molecule has 1 heterocycles. The summed E-state index contributed by atoms with van der Waals surface area (Å²) in [7, 11) is 1.28. The first kappa shape index (κ1) is 21.3. The van der Waals surface area contributed by atoms with Gasteiger partial charge in [0.1, 0.15) is 5.54 Å². The number of nitro groups is 1. The normalized spacial score (nSPS) is 16.3. The summed E-state index contributed by atoms with van der Waals surface area (Å²) in [4.78, 5) is 50.6. The molecule has 0 saturated heterocycles. The lowest BCUT2D eigenvalue weighted by molar-refractivity contribution is -0.385. The van der Waals surface area contributed by atoms with Crippen LogP contribution in [0.5, 0.6) is 5.75 Å². The van der Waals surface area contributed by atoms with Crippen molar-refractivity contribution in [1.29, 1.82) is 0 Å². The van der Waals surface area contributed by atoms with Crippen molar-refractivity contribution in [1.82, 2.24) is 0 Å². The minimum absolute atomic E-state index is 0.00161. The number of ether oxygens (including phenoxy) is 2. The maximum Gasteiger partial charge on any atom is 0.338 e. The van der Waals surface area contributed by atoms with Gasteiger partial charge in [0.05, 0.1) is 29.0 Å². The number of anilines is 2. The number of carbonyl (C=O) groups excluding carboxylic acids is 3. The molecule has 0 radical (unpaired) electrons. The molecule has 4 rings (SSSR count). The van der Waals surface area contributed by atoms with Crippen LogP contribution in [0, 0.1) is 10.1 Å². The van der Waals surface area contributed by atoms with Gasteiger partial charge in [-0.25, -0.2) is 4.79 Å². The average Bonchev–Trinajstić information content (AvgIpc) is 3.28. The van der Waals surface area contributed by atoms with Gasteiger partial charge in [0.2, 0.25) is 0 Å². The van der Waals surface area contributed by atoms with Crippen LogP contribution in [0.1, 0.15) is 36.0 Å². The fourth-order valence-electron chi connectivity index (χ4n) is 4.36. The Kier molecular flexibility index (Phi) is 5.52. The molecule has 1 aliphatic heterocycles. The largest absolute Gasteiger partial charge is 0.490 e. The zero-order chi connectivity index (χ0) is 22.9. The average molecular weight is 439 g/mol. The summed E-state index contributed by atoms with van der Waals surface area (Å²) in [6.45, 7) is -0.609. The van der Waals surface area contributed by atoms with Gasteiger partial charge in [-0.3, -0.25) is 24.6 Å². The monoisotopic (exact) mass is 439 g/mol. The lowest BCUT2D eigenvalue weighted by Gasteiger charge is -2.44. The van der Waals surface area contributed by atoms with Gasteiger partial charge in [-0.2, -0.15) is 0 Å². The number of hydrogen-bond acceptors (Lipinski definition) is 7. The van der Waals surface area contributed by atoms with E-state index in [0.29, 0.717) is 24.2 Å². The summed E-state index contributed by atoms with van der Waals surface area (Å²) in [5.41, 5.74) is -0.426. The third kappa shape index (κ3) is 3.53. The van der Waals surface area contributed by atoms with Crippen molar-refractivity contribution in [3.05, 3.63) is 58.1 Å². The topological polar surface area (TPSA) is 128 Å². The third-order valence-electron chi connectivity index (χ3n) is 5.86. The molecule has 166 valence electrons. The molecule has 1 saturated carbocycles. The summed E-state index contributed by atoms with van der Waals surface area (Å²) in [6, 6.07) is 10.6. The van der Waals surface area contributed by atoms with E-state index in [1.807, 2.05) is 0 Å². The number of hydrogen-bond donors (Lipinski definition) is 1. The third-order valence-corrected chi connectivity index (χ3v) is 5.86. The highest BCUT2D eigenvalue weighted by Gasteiger charge is 2.52. The number of benzene rings is 2. The summed E-state index contributed by atoms with van der Waals surface area (Å²) in [5, 5.41) is 14.1. The predicted molar refractivity (Wildman–Crippen MR) is 114 cm³/mol. The lowest BCUT2D eigenvalue weighted by Crippen LogP contribution is -2.61. The molecule has 2 amide bonds. The summed E-state index contributed by atoms with van der Waals surface area (Å²) in [5.74, 6) is -1.68. The second kappa shape index (κ2) is 8.29. The molecule has 0 bridgehead atoms. The predicted octanol–water partition coefficient (Wildman–Crippen LogP) is 3.06. The minimum atomic E-state index is -1.02. The van der Waals surface area contributed by atoms with Crippen molar-refractivity contribution in [2.24, 2.45) is 0 Å². The van der Waals surface area contributed by atoms with Gasteiger partial charge in [-0.15, -0.1) is 0 Å². The maximum atomic E-state index is 13.2. The highest BCUT2D eigenvalue weighted by molar-refractivity contribution is 6.15. The van der Waals surface area contributed by atoms with Crippen LogP contribution in [0.3, 0.4) is 0 Å². The fourth-order valence-corrected chi connectivity index (χ4v) is 4.36. The molecule has 10 heteroatoms. The summed E-state index contributed by atoms with van der Waals surface area (Å²) in [6.07, 6.45) is 2.62. The lowest BCUT2D eigenvalue weighted by atomic mass is 9.90. The molecule has 2 aromatic rings. The molecular formula is C22H21N3O7. The molecule has 1 N–H and O–H groups in total. The Morgan fingerprint density at radius 1 is 1.19 bits per heavy atom. The fraction of sp³-hybridized carbons (Fsp3) is 0.318. The number of methoxy groups -OCH3 is 1. The highest BCUT2D eigenvalue weighted by atomic mass is 16.6. The van der Waals surface area contributed by atoms with Crippen LogP contribution in [0.25, 0.3) is 0 Å². The smallest absolute Gasteiger partial charge is 0.338 e. The second-order valence-electron chi connectivity index (χ2n) is 7.66. The molecule has 0 unspecified atom stereocenters. The molecule has 2 aromatic carbocycles. The van der Waals surface area contributed by atoms with Crippen molar-refractivity contribution in [2.45, 2.75) is 31.2 Å². The van der Waals surface area contributed by atoms with Crippen LogP contribution in [-0.4, -0.2) is 42.0 Å². The number of carbonyl (C=O) groups is 3. The highest BCUT2D eigenvalue weighted by Crippen LogP contribution is 2.45. The molecule has 10 nitrogen and oxygen atoms in total. The Balaban J connectivity index is 1.57. The van der Waals surface area contributed by atoms with Gasteiger partial charge in [-0.1, -0.05) is 25.0 Å². The second-order valence-corrected chi connectivity index (χ2v) is 7.66. The number of para-hydroxylation sites is 2. The first-order chi connectivity index (χ1) is 15.4. The van der Waals surface area contributed by atoms with Gasteiger partial charge >= 0.3 is 11.7 Å². The van der Waals surface area contributed by atoms with E-state index in [9.17, 15) is 24.5 Å². The van der Waals surface area contributed by atoms with Crippen LogP contribution in [0.15, 0.2) is 42.5 Å². The van der Waals surface area contributed by atoms with Crippen molar-refractivity contribution in [2.75, 3.05) is 23.9 Å². The SMILES string of the molecule is COc1ccc(C(=O)OCC(=O)N2c3ccccc3NC(=O)C23CCCC3)cc1[N+](=O)[O-]. The van der Waals surface area contributed by atoms with Crippen LogP contribution in [0.2, 0.25) is 0 Å². The van der Waals surface area contributed by atoms with E-state index in [1.54, 1.807) is 24.3 Å². The molecule has 32 heavy (non-hydrogen) atoms. The quantitative estimate of drug-likeness (QED) is 0.431. The van der Waals surface area contributed by atoms with Crippen molar-refractivity contribution in [3.8, 4) is 5.75 Å². The van der Waals surface area contributed by atoms with Crippen molar-refractivity contribution in [3.63, 3.8) is 0 Å². The number of esters is 1. The van der Waals surface area contributed by atoms with Crippen molar-refractivity contribution < 1.29 is 28.8 Å². The molecule has 1 spiro atoms. The molecule has 1 fully saturated rings. The van der Waals surface area contributed by atoms with E-state index < -0.39 is 28.9 Å². The zero-order valence-electron chi connectivity index (χ0n) is 17.3. The molecule has 1 aliphatic carbocycles. The van der Waals surface area contributed by atoms with Crippen LogP contribution < -0.4 is 15.0 Å². The van der Waals surface area contributed by atoms with Crippen LogP contribution in [-0.2, 0) is 14.3 Å². The minimum Gasteiger partial charge on any atom is -0.490 e. The Hall–Kier alpha value is -3.95. The van der Waals surface area contributed by atoms with E-state index in [4.69, 9.17) is 9.47 Å². The van der Waals surface area contributed by atoms with E-state index in [1.165, 1.54) is 24.1 Å². The van der Waals surface area contributed by atoms with Crippen molar-refractivity contribution >= 4 is 34.8 Å². The Morgan fingerprint density at radius 2 is 1.91 bits per heavy atom. The van der Waals surface area contributed by atoms with E-state index in [2.05, 4.69) is 5.32 Å². The summed E-state index contributed by atoms with van der Waals surface area (Å²) >= 11 is 0. The number of amides is 2. The van der Waals surface area contributed by atoms with Gasteiger partial charge in [0, 0.05) is 6.07 Å². The molecule has 0 aromatic heterocycles. The van der Waals surface area contributed by atoms with Crippen LogP contribution in [0.4, 0.5) is 17.1 Å². The van der Waals surface area contributed by atoms with Gasteiger partial charge < -0.3 is 14.8 Å². The van der Waals surface area contributed by atoms with Gasteiger partial charge in [0.25, 0.3) is 11.8 Å². The van der Waals surface area contributed by atoms with Gasteiger partial charge in [-0.05, 0) is 37.1 Å². The Bertz CT molecular complexity index is 1110. The Morgan fingerprint density at radius 3 is 2.59 bits per heavy atom. The zero-order valence-corrected chi connectivity index (χ0v) is 17.3. The first-order valence-corrected chi connectivity index (χ1v) is 10.1. The number of fused-ring (bicyclic) bond motifs is 1. The Labute approximate surface area is 183 Å². The van der Waals surface area contributed by atoms with E-state index in [0.717, 1.165) is 18.9 Å². The van der Waals surface area contributed by atoms with E-state index >= 15 is 0 Å². The molecule has 0 atom stereocenters.